The summed E-state index contributed by atoms with van der Waals surface area (Å²) in [6.45, 7) is 0.471. The van der Waals surface area contributed by atoms with Crippen LogP contribution in [0.15, 0.2) is 43.0 Å². The zero-order valence-corrected chi connectivity index (χ0v) is 13.0. The molecule has 3 rings (SSSR count). The SMILES string of the molecule is O=C(NCCc1ccc(Cl)cc1Cl)c1cnc2cnccn12. The molecule has 0 unspecified atom stereocenters. The first-order valence-corrected chi connectivity index (χ1v) is 7.40. The van der Waals surface area contributed by atoms with Crippen LogP contribution >= 0.6 is 23.2 Å². The average Bonchev–Trinajstić information content (AvgIpc) is 2.93. The van der Waals surface area contributed by atoms with E-state index in [1.54, 1.807) is 35.1 Å². The molecule has 0 saturated heterocycles. The summed E-state index contributed by atoms with van der Waals surface area (Å²) in [5.74, 6) is -0.191. The fourth-order valence-electron chi connectivity index (χ4n) is 2.14. The van der Waals surface area contributed by atoms with Crippen molar-refractivity contribution in [2.24, 2.45) is 0 Å². The number of amides is 1. The van der Waals surface area contributed by atoms with Gasteiger partial charge >= 0.3 is 0 Å². The van der Waals surface area contributed by atoms with Crippen molar-refractivity contribution in [3.05, 3.63) is 64.3 Å². The molecule has 1 amide bonds. The Balaban J connectivity index is 1.65. The molecule has 2 aromatic heterocycles. The number of nitrogens with zero attached hydrogens (tertiary/aromatic N) is 3. The first-order valence-electron chi connectivity index (χ1n) is 6.64. The zero-order valence-electron chi connectivity index (χ0n) is 11.5. The Labute approximate surface area is 136 Å². The van der Waals surface area contributed by atoms with Crippen LogP contribution in [0.5, 0.6) is 0 Å². The molecule has 0 radical (unpaired) electrons. The van der Waals surface area contributed by atoms with Crippen molar-refractivity contribution in [1.29, 1.82) is 0 Å². The Hall–Kier alpha value is -2.11. The van der Waals surface area contributed by atoms with Gasteiger partial charge in [0.2, 0.25) is 0 Å². The summed E-state index contributed by atoms with van der Waals surface area (Å²) in [7, 11) is 0. The van der Waals surface area contributed by atoms with E-state index in [0.29, 0.717) is 34.4 Å². The van der Waals surface area contributed by atoms with Crippen LogP contribution in [0.1, 0.15) is 16.1 Å². The number of carbonyl (C=O) groups excluding carboxylic acids is 1. The molecule has 1 N–H and O–H groups in total. The molecule has 0 aliphatic rings. The maximum Gasteiger partial charge on any atom is 0.269 e. The Kier molecular flexibility index (Phi) is 4.27. The van der Waals surface area contributed by atoms with Crippen LogP contribution in [0.25, 0.3) is 5.65 Å². The van der Waals surface area contributed by atoms with E-state index < -0.39 is 0 Å². The molecular weight excluding hydrogens is 323 g/mol. The lowest BCUT2D eigenvalue weighted by Gasteiger charge is -2.07. The van der Waals surface area contributed by atoms with Gasteiger partial charge in [-0.2, -0.15) is 0 Å². The minimum absolute atomic E-state index is 0.191. The number of imidazole rings is 1. The summed E-state index contributed by atoms with van der Waals surface area (Å²) in [5, 5.41) is 4.05. The predicted molar refractivity (Wildman–Crippen MR) is 85.5 cm³/mol. The number of rotatable bonds is 4. The van der Waals surface area contributed by atoms with Gasteiger partial charge in [0, 0.05) is 29.0 Å². The van der Waals surface area contributed by atoms with Gasteiger partial charge in [0.1, 0.15) is 5.69 Å². The minimum Gasteiger partial charge on any atom is -0.350 e. The second-order valence-electron chi connectivity index (χ2n) is 4.69. The lowest BCUT2D eigenvalue weighted by Crippen LogP contribution is -2.26. The maximum atomic E-state index is 12.2. The van der Waals surface area contributed by atoms with Crippen molar-refractivity contribution < 1.29 is 4.79 Å². The van der Waals surface area contributed by atoms with E-state index in [4.69, 9.17) is 23.2 Å². The van der Waals surface area contributed by atoms with E-state index in [-0.39, 0.29) is 5.91 Å². The number of carbonyl (C=O) groups is 1. The normalized spacial score (nSPS) is 10.8. The molecule has 0 atom stereocenters. The summed E-state index contributed by atoms with van der Waals surface area (Å²) >= 11 is 12.0. The molecule has 0 spiro atoms. The van der Waals surface area contributed by atoms with Gasteiger partial charge in [-0.05, 0) is 24.1 Å². The molecule has 0 fully saturated rings. The number of fused-ring (bicyclic) bond motifs is 1. The number of benzene rings is 1. The third kappa shape index (κ3) is 3.05. The molecule has 7 heteroatoms. The van der Waals surface area contributed by atoms with E-state index in [1.165, 1.54) is 6.20 Å². The van der Waals surface area contributed by atoms with Crippen molar-refractivity contribution in [2.45, 2.75) is 6.42 Å². The Morgan fingerprint density at radius 2 is 2.14 bits per heavy atom. The summed E-state index contributed by atoms with van der Waals surface area (Å²) < 4.78 is 1.69. The second kappa shape index (κ2) is 6.34. The smallest absolute Gasteiger partial charge is 0.269 e. The zero-order chi connectivity index (χ0) is 15.5. The quantitative estimate of drug-likeness (QED) is 0.797. The van der Waals surface area contributed by atoms with E-state index in [1.807, 2.05) is 6.07 Å². The van der Waals surface area contributed by atoms with E-state index in [9.17, 15) is 4.79 Å². The highest BCUT2D eigenvalue weighted by atomic mass is 35.5. The molecule has 0 aliphatic heterocycles. The molecule has 112 valence electrons. The number of halogens is 2. The molecule has 22 heavy (non-hydrogen) atoms. The summed E-state index contributed by atoms with van der Waals surface area (Å²) in [4.78, 5) is 20.3. The lowest BCUT2D eigenvalue weighted by molar-refractivity contribution is 0.0948. The molecule has 2 heterocycles. The van der Waals surface area contributed by atoms with Crippen molar-refractivity contribution in [1.82, 2.24) is 19.7 Å². The second-order valence-corrected chi connectivity index (χ2v) is 5.53. The molecule has 0 bridgehead atoms. The molecule has 5 nitrogen and oxygen atoms in total. The fraction of sp³-hybridized carbons (Fsp3) is 0.133. The Morgan fingerprint density at radius 3 is 2.95 bits per heavy atom. The van der Waals surface area contributed by atoms with Gasteiger partial charge in [0.25, 0.3) is 5.91 Å². The van der Waals surface area contributed by atoms with Gasteiger partial charge in [-0.25, -0.2) is 4.98 Å². The van der Waals surface area contributed by atoms with Crippen LogP contribution < -0.4 is 5.32 Å². The van der Waals surface area contributed by atoms with Crippen LogP contribution in [-0.2, 0) is 6.42 Å². The number of hydrogen-bond acceptors (Lipinski definition) is 3. The highest BCUT2D eigenvalue weighted by molar-refractivity contribution is 6.35. The van der Waals surface area contributed by atoms with Gasteiger partial charge < -0.3 is 5.32 Å². The molecular formula is C15H12Cl2N4O. The number of aromatic nitrogens is 3. The molecule has 1 aromatic carbocycles. The Morgan fingerprint density at radius 1 is 1.27 bits per heavy atom. The predicted octanol–water partition coefficient (Wildman–Crippen LogP) is 3.01. The van der Waals surface area contributed by atoms with Gasteiger partial charge in [-0.3, -0.25) is 14.2 Å². The molecule has 0 aliphatic carbocycles. The van der Waals surface area contributed by atoms with Crippen LogP contribution in [0, 0.1) is 0 Å². The number of nitrogens with one attached hydrogen (secondary N) is 1. The topological polar surface area (TPSA) is 59.3 Å². The van der Waals surface area contributed by atoms with Gasteiger partial charge in [-0.1, -0.05) is 29.3 Å². The lowest BCUT2D eigenvalue weighted by atomic mass is 10.1. The minimum atomic E-state index is -0.191. The van der Waals surface area contributed by atoms with Crippen molar-refractivity contribution in [3.63, 3.8) is 0 Å². The van der Waals surface area contributed by atoms with Crippen LogP contribution in [0.2, 0.25) is 10.0 Å². The van der Waals surface area contributed by atoms with Crippen LogP contribution in [0.4, 0.5) is 0 Å². The van der Waals surface area contributed by atoms with E-state index in [2.05, 4.69) is 15.3 Å². The van der Waals surface area contributed by atoms with E-state index >= 15 is 0 Å². The third-order valence-corrected chi connectivity index (χ3v) is 3.83. The van der Waals surface area contributed by atoms with Crippen LogP contribution in [0.3, 0.4) is 0 Å². The van der Waals surface area contributed by atoms with Gasteiger partial charge in [0.15, 0.2) is 5.65 Å². The average molecular weight is 335 g/mol. The highest BCUT2D eigenvalue weighted by Gasteiger charge is 2.11. The Bertz CT molecular complexity index is 831. The standard InChI is InChI=1S/C15H12Cl2N4O/c16-11-2-1-10(12(17)7-11)3-4-19-15(22)13-8-20-14-9-18-5-6-21(13)14/h1-2,5-9H,3-4H2,(H,19,22). The summed E-state index contributed by atoms with van der Waals surface area (Å²) in [6, 6.07) is 5.33. The third-order valence-electron chi connectivity index (χ3n) is 3.24. The van der Waals surface area contributed by atoms with Crippen molar-refractivity contribution >= 4 is 34.8 Å². The monoisotopic (exact) mass is 334 g/mol. The summed E-state index contributed by atoms with van der Waals surface area (Å²) in [6.07, 6.45) is 7.07. The van der Waals surface area contributed by atoms with Gasteiger partial charge in [-0.15, -0.1) is 0 Å². The number of hydrogen-bond donors (Lipinski definition) is 1. The summed E-state index contributed by atoms with van der Waals surface area (Å²) in [5.41, 5.74) is 2.04. The fourth-order valence-corrected chi connectivity index (χ4v) is 2.64. The van der Waals surface area contributed by atoms with Crippen molar-refractivity contribution in [2.75, 3.05) is 6.54 Å². The largest absolute Gasteiger partial charge is 0.350 e. The maximum absolute atomic E-state index is 12.2. The van der Waals surface area contributed by atoms with Crippen molar-refractivity contribution in [3.8, 4) is 0 Å². The van der Waals surface area contributed by atoms with Gasteiger partial charge in [0.05, 0.1) is 12.4 Å². The molecule has 3 aromatic rings. The van der Waals surface area contributed by atoms with E-state index in [0.717, 1.165) is 5.56 Å². The molecule has 0 saturated carbocycles. The first-order chi connectivity index (χ1) is 10.6. The van der Waals surface area contributed by atoms with Crippen LogP contribution in [-0.4, -0.2) is 26.8 Å². The first kappa shape index (κ1) is 14.8. The highest BCUT2D eigenvalue weighted by Crippen LogP contribution is 2.21.